The summed E-state index contributed by atoms with van der Waals surface area (Å²) in [5.41, 5.74) is 0.644. The molecule has 0 amide bonds. The highest BCUT2D eigenvalue weighted by Gasteiger charge is 2.17. The van der Waals surface area contributed by atoms with E-state index >= 15 is 0 Å². The molecule has 0 spiro atoms. The summed E-state index contributed by atoms with van der Waals surface area (Å²) in [6, 6.07) is 8.30. The van der Waals surface area contributed by atoms with E-state index in [2.05, 4.69) is 6.07 Å². The van der Waals surface area contributed by atoms with Crippen molar-refractivity contribution in [2.75, 3.05) is 0 Å². The Morgan fingerprint density at radius 1 is 1.38 bits per heavy atom. The predicted octanol–water partition coefficient (Wildman–Crippen LogP) is 1.92. The molecule has 0 heterocycles. The Kier molecular flexibility index (Phi) is 3.83. The lowest BCUT2D eigenvalue weighted by Gasteiger charge is -2.15. The van der Waals surface area contributed by atoms with Crippen LogP contribution in [0, 0.1) is 6.07 Å². The van der Waals surface area contributed by atoms with E-state index in [1.807, 2.05) is 12.1 Å². The highest BCUT2D eigenvalue weighted by molar-refractivity contribution is 7.71. The minimum Gasteiger partial charge on any atom is -0.490 e. The molecule has 3 nitrogen and oxygen atoms in total. The van der Waals surface area contributed by atoms with Crippen molar-refractivity contribution < 1.29 is 13.2 Å². The Balaban J connectivity index is 2.11. The number of ether oxygens (including phenoxy) is 1. The van der Waals surface area contributed by atoms with Gasteiger partial charge in [-0.25, -0.2) is 8.42 Å². The van der Waals surface area contributed by atoms with Crippen LogP contribution in [0.2, 0.25) is 0 Å². The van der Waals surface area contributed by atoms with E-state index < -0.39 is 10.7 Å². The Labute approximate surface area is 97.4 Å². The molecule has 2 rings (SSSR count). The lowest BCUT2D eigenvalue weighted by molar-refractivity contribution is 0.208. The van der Waals surface area contributed by atoms with Gasteiger partial charge in [0.05, 0.1) is 11.9 Å². The van der Waals surface area contributed by atoms with Gasteiger partial charge in [-0.15, -0.1) is 0 Å². The van der Waals surface area contributed by atoms with Crippen LogP contribution >= 0.6 is 0 Å². The smallest absolute Gasteiger partial charge is 0.144 e. The van der Waals surface area contributed by atoms with Gasteiger partial charge in [-0.05, 0) is 37.8 Å². The molecule has 1 saturated carbocycles. The molecule has 1 aliphatic carbocycles. The lowest BCUT2D eigenvalue weighted by atomic mass is 10.2. The maximum atomic E-state index is 10.7. The summed E-state index contributed by atoms with van der Waals surface area (Å²) in [6.45, 7) is 0. The Morgan fingerprint density at radius 2 is 2.12 bits per heavy atom. The molecule has 0 N–H and O–H groups in total. The Morgan fingerprint density at radius 3 is 2.81 bits per heavy atom. The van der Waals surface area contributed by atoms with Gasteiger partial charge in [0, 0.05) is 5.56 Å². The summed E-state index contributed by atoms with van der Waals surface area (Å²) >= 11 is 0. The first-order chi connectivity index (χ1) is 7.75. The maximum Gasteiger partial charge on any atom is 0.144 e. The molecule has 16 heavy (non-hydrogen) atoms. The van der Waals surface area contributed by atoms with Crippen LogP contribution in [0.25, 0.3) is 0 Å². The zero-order chi connectivity index (χ0) is 11.4. The van der Waals surface area contributed by atoms with E-state index in [1.165, 1.54) is 12.8 Å². The molecular formula is C12H15O3S. The molecule has 1 fully saturated rings. The third-order valence-electron chi connectivity index (χ3n) is 2.78. The first kappa shape index (κ1) is 11.5. The first-order valence-corrected chi connectivity index (χ1v) is 6.90. The van der Waals surface area contributed by atoms with Gasteiger partial charge in [0.25, 0.3) is 0 Å². The minimum absolute atomic E-state index is 0.0121. The zero-order valence-corrected chi connectivity index (χ0v) is 9.91. The molecule has 4 heteroatoms. The molecule has 1 aromatic rings. The fourth-order valence-electron chi connectivity index (χ4n) is 2.00. The second kappa shape index (κ2) is 5.34. The summed E-state index contributed by atoms with van der Waals surface area (Å²) in [7, 11) is -2.42. The number of thiol groups is 1. The van der Waals surface area contributed by atoms with Crippen molar-refractivity contribution in [3.63, 3.8) is 0 Å². The molecule has 0 aliphatic heterocycles. The summed E-state index contributed by atoms with van der Waals surface area (Å²) in [4.78, 5) is 0. The fourth-order valence-corrected chi connectivity index (χ4v) is 2.51. The highest BCUT2D eigenvalue weighted by atomic mass is 32.2. The van der Waals surface area contributed by atoms with E-state index in [0.717, 1.165) is 12.8 Å². The maximum absolute atomic E-state index is 10.7. The van der Waals surface area contributed by atoms with Crippen molar-refractivity contribution in [1.29, 1.82) is 0 Å². The lowest BCUT2D eigenvalue weighted by Crippen LogP contribution is -2.12. The van der Waals surface area contributed by atoms with Gasteiger partial charge in [0.1, 0.15) is 16.5 Å². The average molecular weight is 239 g/mol. The van der Waals surface area contributed by atoms with Gasteiger partial charge in [0.2, 0.25) is 0 Å². The van der Waals surface area contributed by atoms with Crippen LogP contribution in [0.3, 0.4) is 0 Å². The molecular weight excluding hydrogens is 224 g/mol. The molecule has 0 saturated heterocycles. The predicted molar refractivity (Wildman–Crippen MR) is 62.2 cm³/mol. The minimum atomic E-state index is -2.42. The molecule has 1 aliphatic rings. The SMILES string of the molecule is O=[SH](=O)Cc1[c]cccc1OC1CCCC1. The molecule has 87 valence electrons. The van der Waals surface area contributed by atoms with Crippen LogP contribution in [0.15, 0.2) is 18.2 Å². The van der Waals surface area contributed by atoms with Crippen molar-refractivity contribution in [3.8, 4) is 5.75 Å². The van der Waals surface area contributed by atoms with E-state index in [0.29, 0.717) is 11.3 Å². The first-order valence-electron chi connectivity index (χ1n) is 5.54. The summed E-state index contributed by atoms with van der Waals surface area (Å²) in [5.74, 6) is 0.687. The van der Waals surface area contributed by atoms with Crippen molar-refractivity contribution in [2.45, 2.75) is 37.5 Å². The van der Waals surface area contributed by atoms with Crippen molar-refractivity contribution in [3.05, 3.63) is 29.8 Å². The molecule has 0 atom stereocenters. The normalized spacial score (nSPS) is 16.8. The Hall–Kier alpha value is -1.03. The standard InChI is InChI=1S/C12H15O3S/c13-16(14)9-10-5-1-4-8-12(10)15-11-6-2-3-7-11/h1,4,8,11,16H,2-3,6-7,9H2. The van der Waals surface area contributed by atoms with Crippen LogP contribution in [-0.2, 0) is 16.5 Å². The van der Waals surface area contributed by atoms with E-state index in [9.17, 15) is 8.42 Å². The second-order valence-corrected chi connectivity index (χ2v) is 5.01. The quantitative estimate of drug-likeness (QED) is 0.816. The van der Waals surface area contributed by atoms with E-state index in [4.69, 9.17) is 4.74 Å². The molecule has 0 aromatic heterocycles. The van der Waals surface area contributed by atoms with E-state index in [-0.39, 0.29) is 11.9 Å². The zero-order valence-electron chi connectivity index (χ0n) is 9.02. The van der Waals surface area contributed by atoms with Crippen LogP contribution in [0.4, 0.5) is 0 Å². The Bertz CT molecular complexity index is 412. The van der Waals surface area contributed by atoms with Gasteiger partial charge in [-0.1, -0.05) is 12.1 Å². The molecule has 0 unspecified atom stereocenters. The van der Waals surface area contributed by atoms with Crippen molar-refractivity contribution in [2.24, 2.45) is 0 Å². The van der Waals surface area contributed by atoms with E-state index in [1.54, 1.807) is 6.07 Å². The molecule has 0 bridgehead atoms. The average Bonchev–Trinajstić information content (AvgIpc) is 2.73. The second-order valence-electron chi connectivity index (χ2n) is 4.03. The number of hydrogen-bond donors (Lipinski definition) is 1. The largest absolute Gasteiger partial charge is 0.490 e. The number of hydrogen-bond acceptors (Lipinski definition) is 3. The third kappa shape index (κ3) is 2.98. The number of benzene rings is 1. The van der Waals surface area contributed by atoms with Crippen molar-refractivity contribution >= 4 is 10.7 Å². The van der Waals surface area contributed by atoms with Crippen LogP contribution in [0.5, 0.6) is 5.75 Å². The van der Waals surface area contributed by atoms with Gasteiger partial charge < -0.3 is 4.74 Å². The monoisotopic (exact) mass is 239 g/mol. The van der Waals surface area contributed by atoms with Gasteiger partial charge in [-0.2, -0.15) is 0 Å². The third-order valence-corrected chi connectivity index (χ3v) is 3.36. The fraction of sp³-hybridized carbons (Fsp3) is 0.500. The van der Waals surface area contributed by atoms with Crippen LogP contribution in [-0.4, -0.2) is 14.5 Å². The topological polar surface area (TPSA) is 43.4 Å². The van der Waals surface area contributed by atoms with Gasteiger partial charge in [0.15, 0.2) is 0 Å². The van der Waals surface area contributed by atoms with Crippen LogP contribution in [0.1, 0.15) is 31.2 Å². The molecule has 1 aromatic carbocycles. The van der Waals surface area contributed by atoms with Crippen LogP contribution < -0.4 is 4.74 Å². The number of rotatable bonds is 4. The summed E-state index contributed by atoms with van der Waals surface area (Å²) in [5, 5.41) is 0. The summed E-state index contributed by atoms with van der Waals surface area (Å²) < 4.78 is 27.2. The van der Waals surface area contributed by atoms with Crippen molar-refractivity contribution in [1.82, 2.24) is 0 Å². The molecule has 1 radical (unpaired) electrons. The summed E-state index contributed by atoms with van der Waals surface area (Å²) in [6.07, 6.45) is 4.79. The highest BCUT2D eigenvalue weighted by Crippen LogP contribution is 2.26. The van der Waals surface area contributed by atoms with Gasteiger partial charge in [-0.3, -0.25) is 0 Å². The van der Waals surface area contributed by atoms with Gasteiger partial charge >= 0.3 is 0 Å².